The number of rotatable bonds is 7. The van der Waals surface area contributed by atoms with Crippen LogP contribution >= 0.6 is 0 Å². The zero-order valence-electron chi connectivity index (χ0n) is 10.4. The first-order valence-electron chi connectivity index (χ1n) is 6.38. The van der Waals surface area contributed by atoms with Gasteiger partial charge in [-0.1, -0.05) is 6.42 Å². The van der Waals surface area contributed by atoms with Crippen molar-refractivity contribution < 1.29 is 23.4 Å². The third kappa shape index (κ3) is 6.26. The van der Waals surface area contributed by atoms with Gasteiger partial charge in [-0.25, -0.2) is 8.78 Å². The molecular weight excluding hydrogens is 244 g/mol. The van der Waals surface area contributed by atoms with E-state index in [1.807, 2.05) is 0 Å². The van der Waals surface area contributed by atoms with Gasteiger partial charge in [0.2, 0.25) is 5.91 Å². The zero-order chi connectivity index (χ0) is 13.4. The van der Waals surface area contributed by atoms with Crippen LogP contribution in [0, 0.1) is 5.92 Å². The molecule has 0 saturated heterocycles. The molecule has 0 aliphatic heterocycles. The summed E-state index contributed by atoms with van der Waals surface area (Å²) in [6.07, 6.45) is 1.32. The van der Waals surface area contributed by atoms with Gasteiger partial charge < -0.3 is 15.2 Å². The van der Waals surface area contributed by atoms with E-state index in [2.05, 4.69) is 10.1 Å². The Morgan fingerprint density at radius 1 is 1.44 bits per heavy atom. The Balaban J connectivity index is 2.11. The molecular formula is C12H21F2NO3. The maximum Gasteiger partial charge on any atom is 0.261 e. The van der Waals surface area contributed by atoms with Crippen molar-refractivity contribution in [2.45, 2.75) is 44.6 Å². The fourth-order valence-electron chi connectivity index (χ4n) is 2.23. The largest absolute Gasteiger partial charge is 0.396 e. The smallest absolute Gasteiger partial charge is 0.261 e. The van der Waals surface area contributed by atoms with Crippen molar-refractivity contribution in [3.05, 3.63) is 0 Å². The fourth-order valence-corrected chi connectivity index (χ4v) is 2.23. The first-order valence-corrected chi connectivity index (χ1v) is 6.38. The predicted octanol–water partition coefficient (Wildman–Crippen LogP) is 1.33. The lowest BCUT2D eigenvalue weighted by Crippen LogP contribution is -2.39. The van der Waals surface area contributed by atoms with Crippen LogP contribution in [-0.4, -0.2) is 43.3 Å². The summed E-state index contributed by atoms with van der Waals surface area (Å²) in [4.78, 5) is 11.5. The zero-order valence-corrected chi connectivity index (χ0v) is 10.4. The molecule has 1 saturated carbocycles. The number of carbonyl (C=O) groups excluding carboxylic acids is 1. The second-order valence-corrected chi connectivity index (χ2v) is 4.70. The molecule has 4 nitrogen and oxygen atoms in total. The molecule has 106 valence electrons. The van der Waals surface area contributed by atoms with Crippen LogP contribution in [-0.2, 0) is 9.53 Å². The van der Waals surface area contributed by atoms with Gasteiger partial charge >= 0.3 is 0 Å². The SMILES string of the molecule is O=C(CCOCC(F)F)NC1CCCC(CO)C1. The van der Waals surface area contributed by atoms with E-state index in [1.54, 1.807) is 0 Å². The van der Waals surface area contributed by atoms with Crippen LogP contribution in [0.25, 0.3) is 0 Å². The van der Waals surface area contributed by atoms with Gasteiger partial charge in [0.15, 0.2) is 0 Å². The summed E-state index contributed by atoms with van der Waals surface area (Å²) in [6, 6.07) is 0.0958. The number of amides is 1. The third-order valence-electron chi connectivity index (χ3n) is 3.12. The lowest BCUT2D eigenvalue weighted by Gasteiger charge is -2.28. The van der Waals surface area contributed by atoms with E-state index in [0.717, 1.165) is 25.7 Å². The quantitative estimate of drug-likeness (QED) is 0.683. The summed E-state index contributed by atoms with van der Waals surface area (Å²) in [5, 5.41) is 11.9. The van der Waals surface area contributed by atoms with Crippen LogP contribution in [0.5, 0.6) is 0 Å². The van der Waals surface area contributed by atoms with E-state index < -0.39 is 13.0 Å². The molecule has 1 aliphatic carbocycles. The molecule has 18 heavy (non-hydrogen) atoms. The Morgan fingerprint density at radius 2 is 2.22 bits per heavy atom. The van der Waals surface area contributed by atoms with Crippen molar-refractivity contribution in [2.24, 2.45) is 5.92 Å². The van der Waals surface area contributed by atoms with Gasteiger partial charge in [0.05, 0.1) is 6.61 Å². The standard InChI is InChI=1S/C12H21F2NO3/c13-11(14)8-18-5-4-12(17)15-10-3-1-2-9(6-10)7-16/h9-11,16H,1-8H2,(H,15,17). The highest BCUT2D eigenvalue weighted by atomic mass is 19.3. The second-order valence-electron chi connectivity index (χ2n) is 4.70. The molecule has 0 bridgehead atoms. The number of hydrogen-bond acceptors (Lipinski definition) is 3. The van der Waals surface area contributed by atoms with E-state index >= 15 is 0 Å². The number of ether oxygens (including phenoxy) is 1. The Bertz CT molecular complexity index is 251. The Morgan fingerprint density at radius 3 is 2.89 bits per heavy atom. The number of aliphatic hydroxyl groups is 1. The number of nitrogens with one attached hydrogen (secondary N) is 1. The molecule has 2 atom stereocenters. The Labute approximate surface area is 106 Å². The molecule has 0 spiro atoms. The van der Waals surface area contributed by atoms with Gasteiger partial charge in [-0.3, -0.25) is 4.79 Å². The van der Waals surface area contributed by atoms with Crippen molar-refractivity contribution in [1.82, 2.24) is 5.32 Å². The summed E-state index contributed by atoms with van der Waals surface area (Å²) in [5.41, 5.74) is 0. The minimum atomic E-state index is -2.49. The topological polar surface area (TPSA) is 58.6 Å². The van der Waals surface area contributed by atoms with Crippen LogP contribution in [0.2, 0.25) is 0 Å². The van der Waals surface area contributed by atoms with E-state index in [0.29, 0.717) is 0 Å². The number of aliphatic hydroxyl groups excluding tert-OH is 1. The number of halogens is 2. The average Bonchev–Trinajstić information content (AvgIpc) is 2.34. The highest BCUT2D eigenvalue weighted by Gasteiger charge is 2.22. The first-order chi connectivity index (χ1) is 8.61. The van der Waals surface area contributed by atoms with E-state index in [-0.39, 0.29) is 37.5 Å². The van der Waals surface area contributed by atoms with Crippen molar-refractivity contribution >= 4 is 5.91 Å². The summed E-state index contributed by atoms with van der Waals surface area (Å²) in [7, 11) is 0. The summed E-state index contributed by atoms with van der Waals surface area (Å²) >= 11 is 0. The van der Waals surface area contributed by atoms with Gasteiger partial charge in [0.1, 0.15) is 6.61 Å². The van der Waals surface area contributed by atoms with E-state index in [4.69, 9.17) is 5.11 Å². The Hall–Kier alpha value is -0.750. The van der Waals surface area contributed by atoms with Gasteiger partial charge in [-0.15, -0.1) is 0 Å². The molecule has 1 fully saturated rings. The lowest BCUT2D eigenvalue weighted by atomic mass is 9.86. The molecule has 0 aromatic carbocycles. The minimum Gasteiger partial charge on any atom is -0.396 e. The Kier molecular flexibility index (Phi) is 7.12. The normalized spacial score (nSPS) is 24.2. The van der Waals surface area contributed by atoms with Crippen LogP contribution in [0.3, 0.4) is 0 Å². The molecule has 0 aromatic heterocycles. The van der Waals surface area contributed by atoms with Crippen molar-refractivity contribution in [2.75, 3.05) is 19.8 Å². The molecule has 2 N–H and O–H groups in total. The molecule has 0 radical (unpaired) electrons. The van der Waals surface area contributed by atoms with Crippen molar-refractivity contribution in [3.63, 3.8) is 0 Å². The summed E-state index contributed by atoms with van der Waals surface area (Å²) < 4.78 is 28.2. The predicted molar refractivity (Wildman–Crippen MR) is 62.4 cm³/mol. The number of hydrogen-bond donors (Lipinski definition) is 2. The molecule has 1 aliphatic rings. The second kappa shape index (κ2) is 8.37. The van der Waals surface area contributed by atoms with Crippen LogP contribution in [0.4, 0.5) is 8.78 Å². The molecule has 0 aromatic rings. The maximum atomic E-state index is 11.8. The van der Waals surface area contributed by atoms with E-state index in [9.17, 15) is 13.6 Å². The molecule has 0 heterocycles. The van der Waals surface area contributed by atoms with Crippen LogP contribution < -0.4 is 5.32 Å². The van der Waals surface area contributed by atoms with Gasteiger partial charge in [-0.2, -0.15) is 0 Å². The highest BCUT2D eigenvalue weighted by molar-refractivity contribution is 5.76. The van der Waals surface area contributed by atoms with E-state index in [1.165, 1.54) is 0 Å². The molecule has 1 rings (SSSR count). The van der Waals surface area contributed by atoms with Crippen molar-refractivity contribution in [3.8, 4) is 0 Å². The van der Waals surface area contributed by atoms with Crippen LogP contribution in [0.15, 0.2) is 0 Å². The lowest BCUT2D eigenvalue weighted by molar-refractivity contribution is -0.123. The molecule has 2 unspecified atom stereocenters. The minimum absolute atomic E-state index is 0.0202. The van der Waals surface area contributed by atoms with Gasteiger partial charge in [0.25, 0.3) is 6.43 Å². The van der Waals surface area contributed by atoms with Crippen molar-refractivity contribution in [1.29, 1.82) is 0 Å². The fraction of sp³-hybridized carbons (Fsp3) is 0.917. The first kappa shape index (κ1) is 15.3. The monoisotopic (exact) mass is 265 g/mol. The third-order valence-corrected chi connectivity index (χ3v) is 3.12. The number of carbonyl (C=O) groups is 1. The molecule has 1 amide bonds. The average molecular weight is 265 g/mol. The van der Waals surface area contributed by atoms with Gasteiger partial charge in [0, 0.05) is 19.1 Å². The maximum absolute atomic E-state index is 11.8. The number of alkyl halides is 2. The molecule has 6 heteroatoms. The highest BCUT2D eigenvalue weighted by Crippen LogP contribution is 2.23. The summed E-state index contributed by atoms with van der Waals surface area (Å²) in [6.45, 7) is -0.445. The van der Waals surface area contributed by atoms with Gasteiger partial charge in [-0.05, 0) is 25.2 Å². The summed E-state index contributed by atoms with van der Waals surface area (Å²) in [5.74, 6) is 0.0898. The van der Waals surface area contributed by atoms with Crippen LogP contribution in [0.1, 0.15) is 32.1 Å².